The van der Waals surface area contributed by atoms with E-state index in [0.717, 1.165) is 44.8 Å². The van der Waals surface area contributed by atoms with E-state index >= 15 is 0 Å². The monoisotopic (exact) mass is 464 g/mol. The maximum absolute atomic E-state index is 14.4. The first-order valence-corrected chi connectivity index (χ1v) is 11.8. The van der Waals surface area contributed by atoms with Crippen LogP contribution < -0.4 is 14.2 Å². The van der Waals surface area contributed by atoms with Gasteiger partial charge in [0.05, 0.1) is 14.2 Å². The molecule has 0 saturated carbocycles. The Balaban J connectivity index is 1.43. The molecule has 1 fully saturated rings. The molecular weight excluding hydrogens is 431 g/mol. The molecule has 0 spiro atoms. The van der Waals surface area contributed by atoms with E-state index in [1.54, 1.807) is 32.4 Å². The van der Waals surface area contributed by atoms with Crippen molar-refractivity contribution < 1.29 is 18.6 Å². The van der Waals surface area contributed by atoms with Crippen molar-refractivity contribution in [3.05, 3.63) is 89.7 Å². The number of benzene rings is 3. The number of hydrogen-bond acceptors (Lipinski definition) is 5. The normalized spacial score (nSPS) is 15.6. The van der Waals surface area contributed by atoms with Crippen molar-refractivity contribution in [1.29, 1.82) is 0 Å². The van der Waals surface area contributed by atoms with E-state index in [9.17, 15) is 4.39 Å². The molecule has 1 aliphatic heterocycles. The molecule has 1 atom stereocenters. The second kappa shape index (κ2) is 11.9. The summed E-state index contributed by atoms with van der Waals surface area (Å²) >= 11 is 0. The minimum atomic E-state index is -0.371. The SMILES string of the molecule is COc1ccc(OC)c(C(CCN2CCN(Cc3ccccc3)CC2)Oc2ccccc2F)c1. The summed E-state index contributed by atoms with van der Waals surface area (Å²) in [7, 11) is 3.27. The van der Waals surface area contributed by atoms with Crippen LogP contribution in [-0.4, -0.2) is 56.7 Å². The second-order valence-electron chi connectivity index (χ2n) is 8.54. The number of methoxy groups -OCH3 is 2. The largest absolute Gasteiger partial charge is 0.497 e. The van der Waals surface area contributed by atoms with Crippen LogP contribution in [0.15, 0.2) is 72.8 Å². The molecule has 4 rings (SSSR count). The standard InChI is InChI=1S/C28H33FN2O3/c1-32-23-12-13-26(33-2)24(20-23)27(34-28-11-7-6-10-25(28)29)14-15-30-16-18-31(19-17-30)21-22-8-4-3-5-9-22/h3-13,20,27H,14-19,21H2,1-2H3. The molecule has 1 aliphatic rings. The molecule has 1 saturated heterocycles. The molecule has 0 bridgehead atoms. The van der Waals surface area contributed by atoms with Crippen LogP contribution in [0.5, 0.6) is 17.2 Å². The Bertz CT molecular complexity index is 1040. The lowest BCUT2D eigenvalue weighted by molar-refractivity contribution is 0.105. The van der Waals surface area contributed by atoms with Crippen LogP contribution in [0.3, 0.4) is 0 Å². The fourth-order valence-corrected chi connectivity index (χ4v) is 4.37. The van der Waals surface area contributed by atoms with Crippen molar-refractivity contribution in [1.82, 2.24) is 9.80 Å². The Hall–Kier alpha value is -3.09. The highest BCUT2D eigenvalue weighted by Crippen LogP contribution is 2.35. The Morgan fingerprint density at radius 1 is 0.794 bits per heavy atom. The number of rotatable bonds is 10. The van der Waals surface area contributed by atoms with Gasteiger partial charge in [-0.05, 0) is 35.9 Å². The average molecular weight is 465 g/mol. The van der Waals surface area contributed by atoms with Crippen LogP contribution in [0, 0.1) is 5.82 Å². The summed E-state index contributed by atoms with van der Waals surface area (Å²) in [4.78, 5) is 4.94. The fraction of sp³-hybridized carbons (Fsp3) is 0.357. The van der Waals surface area contributed by atoms with E-state index in [2.05, 4.69) is 40.1 Å². The Labute approximate surface area is 201 Å². The molecule has 1 unspecified atom stereocenters. The predicted molar refractivity (Wildman–Crippen MR) is 132 cm³/mol. The van der Waals surface area contributed by atoms with E-state index in [-0.39, 0.29) is 17.7 Å². The van der Waals surface area contributed by atoms with Gasteiger partial charge in [0.25, 0.3) is 0 Å². The summed E-state index contributed by atoms with van der Waals surface area (Å²) in [6, 6.07) is 22.8. The molecular formula is C28H33FN2O3. The highest BCUT2D eigenvalue weighted by Gasteiger charge is 2.23. The van der Waals surface area contributed by atoms with Gasteiger partial charge in [-0.1, -0.05) is 42.5 Å². The van der Waals surface area contributed by atoms with Gasteiger partial charge in [0.1, 0.15) is 17.6 Å². The van der Waals surface area contributed by atoms with Crippen LogP contribution in [0.1, 0.15) is 23.7 Å². The van der Waals surface area contributed by atoms with Crippen molar-refractivity contribution >= 4 is 0 Å². The van der Waals surface area contributed by atoms with E-state index in [1.807, 2.05) is 18.2 Å². The quantitative estimate of drug-likeness (QED) is 0.414. The molecule has 3 aromatic rings. The van der Waals surface area contributed by atoms with Gasteiger partial charge in [-0.2, -0.15) is 0 Å². The molecule has 1 heterocycles. The van der Waals surface area contributed by atoms with Gasteiger partial charge >= 0.3 is 0 Å². The van der Waals surface area contributed by atoms with Gasteiger partial charge in [0.15, 0.2) is 11.6 Å². The van der Waals surface area contributed by atoms with Crippen molar-refractivity contribution in [3.8, 4) is 17.2 Å². The van der Waals surface area contributed by atoms with Gasteiger partial charge in [-0.25, -0.2) is 4.39 Å². The fourth-order valence-electron chi connectivity index (χ4n) is 4.37. The van der Waals surface area contributed by atoms with E-state index < -0.39 is 0 Å². The van der Waals surface area contributed by atoms with Crippen molar-refractivity contribution in [2.45, 2.75) is 19.1 Å². The van der Waals surface area contributed by atoms with Crippen molar-refractivity contribution in [3.63, 3.8) is 0 Å². The Morgan fingerprint density at radius 2 is 1.50 bits per heavy atom. The number of para-hydroxylation sites is 1. The van der Waals surface area contributed by atoms with Gasteiger partial charge in [-0.3, -0.25) is 4.90 Å². The number of hydrogen-bond donors (Lipinski definition) is 0. The molecule has 5 nitrogen and oxygen atoms in total. The van der Waals surface area contributed by atoms with Crippen LogP contribution in [0.4, 0.5) is 4.39 Å². The molecule has 0 aliphatic carbocycles. The minimum absolute atomic E-state index is 0.241. The average Bonchev–Trinajstić information content (AvgIpc) is 2.88. The lowest BCUT2D eigenvalue weighted by Gasteiger charge is -2.35. The highest BCUT2D eigenvalue weighted by molar-refractivity contribution is 5.42. The maximum atomic E-state index is 14.4. The summed E-state index contributed by atoms with van der Waals surface area (Å²) in [5.41, 5.74) is 2.20. The van der Waals surface area contributed by atoms with Crippen LogP contribution in [-0.2, 0) is 6.54 Å². The summed E-state index contributed by atoms with van der Waals surface area (Å²) in [5.74, 6) is 1.29. The second-order valence-corrected chi connectivity index (χ2v) is 8.54. The zero-order chi connectivity index (χ0) is 23.8. The predicted octanol–water partition coefficient (Wildman–Crippen LogP) is 5.17. The number of ether oxygens (including phenoxy) is 3. The number of halogens is 1. The summed E-state index contributed by atoms with van der Waals surface area (Å²) < 4.78 is 31.7. The van der Waals surface area contributed by atoms with Crippen LogP contribution >= 0.6 is 0 Å². The first-order chi connectivity index (χ1) is 16.7. The van der Waals surface area contributed by atoms with Crippen molar-refractivity contribution in [2.75, 3.05) is 46.9 Å². The molecule has 0 amide bonds. The van der Waals surface area contributed by atoms with Crippen molar-refractivity contribution in [2.24, 2.45) is 0 Å². The Kier molecular flexibility index (Phi) is 8.39. The summed E-state index contributed by atoms with van der Waals surface area (Å²) in [6.07, 6.45) is 0.334. The lowest BCUT2D eigenvalue weighted by atomic mass is 10.0. The molecule has 34 heavy (non-hydrogen) atoms. The van der Waals surface area contributed by atoms with Gasteiger partial charge in [-0.15, -0.1) is 0 Å². The first-order valence-electron chi connectivity index (χ1n) is 11.8. The maximum Gasteiger partial charge on any atom is 0.165 e. The van der Waals surface area contributed by atoms with Gasteiger partial charge in [0.2, 0.25) is 0 Å². The summed E-state index contributed by atoms with van der Waals surface area (Å²) in [5, 5.41) is 0. The first kappa shape index (κ1) is 24.0. The molecule has 0 N–H and O–H groups in total. The smallest absolute Gasteiger partial charge is 0.165 e. The van der Waals surface area contributed by atoms with Crippen LogP contribution in [0.25, 0.3) is 0 Å². The minimum Gasteiger partial charge on any atom is -0.497 e. The third-order valence-electron chi connectivity index (χ3n) is 6.31. The zero-order valence-corrected chi connectivity index (χ0v) is 20.0. The molecule has 0 radical (unpaired) electrons. The van der Waals surface area contributed by atoms with Crippen LogP contribution in [0.2, 0.25) is 0 Å². The van der Waals surface area contributed by atoms with Gasteiger partial charge in [0, 0.05) is 51.3 Å². The van der Waals surface area contributed by atoms with E-state index in [0.29, 0.717) is 17.9 Å². The molecule has 6 heteroatoms. The Morgan fingerprint density at radius 3 is 2.21 bits per heavy atom. The molecule has 0 aromatic heterocycles. The summed E-state index contributed by atoms with van der Waals surface area (Å²) in [6.45, 7) is 5.86. The van der Waals surface area contributed by atoms with Gasteiger partial charge < -0.3 is 19.1 Å². The van der Waals surface area contributed by atoms with E-state index in [4.69, 9.17) is 14.2 Å². The third kappa shape index (κ3) is 6.27. The molecule has 3 aromatic carbocycles. The number of nitrogens with zero attached hydrogens (tertiary/aromatic N) is 2. The number of piperazine rings is 1. The molecule has 180 valence electrons. The third-order valence-corrected chi connectivity index (χ3v) is 6.31. The van der Waals surface area contributed by atoms with E-state index in [1.165, 1.54) is 11.6 Å². The highest BCUT2D eigenvalue weighted by atomic mass is 19.1. The topological polar surface area (TPSA) is 34.2 Å². The lowest BCUT2D eigenvalue weighted by Crippen LogP contribution is -2.46. The zero-order valence-electron chi connectivity index (χ0n) is 20.0.